The van der Waals surface area contributed by atoms with Gasteiger partial charge in [-0.3, -0.25) is 19.3 Å². The van der Waals surface area contributed by atoms with Crippen molar-refractivity contribution >= 4 is 17.5 Å². The number of anilines is 1. The number of benzene rings is 1. The third-order valence-electron chi connectivity index (χ3n) is 5.14. The Morgan fingerprint density at radius 1 is 1.17 bits per heavy atom. The highest BCUT2D eigenvalue weighted by Gasteiger charge is 2.34. The summed E-state index contributed by atoms with van der Waals surface area (Å²) >= 11 is 0. The van der Waals surface area contributed by atoms with Crippen molar-refractivity contribution in [2.45, 2.75) is 13.0 Å². The van der Waals surface area contributed by atoms with Crippen LogP contribution in [-0.2, 0) is 16.1 Å². The van der Waals surface area contributed by atoms with E-state index in [0.29, 0.717) is 19.6 Å². The molecule has 2 aromatic heterocycles. The van der Waals surface area contributed by atoms with E-state index in [0.717, 1.165) is 22.7 Å². The lowest BCUT2D eigenvalue weighted by Crippen LogP contribution is -2.34. The van der Waals surface area contributed by atoms with E-state index < -0.39 is 0 Å². The first-order chi connectivity index (χ1) is 14.6. The van der Waals surface area contributed by atoms with Gasteiger partial charge < -0.3 is 15.0 Å². The molecule has 1 unspecified atom stereocenters. The largest absolute Gasteiger partial charge is 0.497 e. The normalized spacial score (nSPS) is 16.0. The van der Waals surface area contributed by atoms with Gasteiger partial charge in [0.05, 0.1) is 25.3 Å². The van der Waals surface area contributed by atoms with E-state index in [2.05, 4.69) is 15.4 Å². The van der Waals surface area contributed by atoms with Gasteiger partial charge in [-0.15, -0.1) is 0 Å². The Kier molecular flexibility index (Phi) is 5.74. The summed E-state index contributed by atoms with van der Waals surface area (Å²) in [6, 6.07) is 13.0. The van der Waals surface area contributed by atoms with Crippen molar-refractivity contribution < 1.29 is 14.3 Å². The van der Waals surface area contributed by atoms with Crippen LogP contribution >= 0.6 is 0 Å². The maximum absolute atomic E-state index is 12.5. The number of amides is 2. The maximum Gasteiger partial charge on any atom is 0.227 e. The number of methoxy groups -OCH3 is 1. The van der Waals surface area contributed by atoms with Crippen molar-refractivity contribution in [2.75, 3.05) is 25.1 Å². The van der Waals surface area contributed by atoms with Crippen LogP contribution in [0.5, 0.6) is 5.75 Å². The monoisotopic (exact) mass is 405 g/mol. The molecule has 1 atom stereocenters. The summed E-state index contributed by atoms with van der Waals surface area (Å²) in [5, 5.41) is 7.44. The highest BCUT2D eigenvalue weighted by Crippen LogP contribution is 2.26. The lowest BCUT2D eigenvalue weighted by Gasteiger charge is -2.17. The molecule has 1 aromatic carbocycles. The minimum atomic E-state index is -0.357. The van der Waals surface area contributed by atoms with Crippen molar-refractivity contribution in [2.24, 2.45) is 5.92 Å². The molecule has 8 heteroatoms. The van der Waals surface area contributed by atoms with Gasteiger partial charge in [-0.25, -0.2) is 0 Å². The zero-order valence-corrected chi connectivity index (χ0v) is 16.7. The van der Waals surface area contributed by atoms with Gasteiger partial charge in [0.1, 0.15) is 5.75 Å². The fourth-order valence-corrected chi connectivity index (χ4v) is 3.50. The van der Waals surface area contributed by atoms with Gasteiger partial charge in [0.15, 0.2) is 0 Å². The number of ether oxygens (including phenoxy) is 1. The topological polar surface area (TPSA) is 89.3 Å². The predicted molar refractivity (Wildman–Crippen MR) is 112 cm³/mol. The summed E-state index contributed by atoms with van der Waals surface area (Å²) in [5.41, 5.74) is 2.63. The summed E-state index contributed by atoms with van der Waals surface area (Å²) in [7, 11) is 1.60. The molecule has 4 rings (SSSR count). The van der Waals surface area contributed by atoms with E-state index in [-0.39, 0.29) is 24.2 Å². The summed E-state index contributed by atoms with van der Waals surface area (Å²) in [6.45, 7) is 1.38. The summed E-state index contributed by atoms with van der Waals surface area (Å²) in [6.07, 6.45) is 5.55. The van der Waals surface area contributed by atoms with Crippen LogP contribution in [0, 0.1) is 5.92 Å². The first-order valence-corrected chi connectivity index (χ1v) is 9.80. The van der Waals surface area contributed by atoms with Crippen LogP contribution in [0.3, 0.4) is 0 Å². The molecule has 8 nitrogen and oxygen atoms in total. The van der Waals surface area contributed by atoms with Crippen molar-refractivity contribution in [3.63, 3.8) is 0 Å². The molecule has 1 saturated heterocycles. The lowest BCUT2D eigenvalue weighted by atomic mass is 10.1. The minimum Gasteiger partial charge on any atom is -0.497 e. The molecule has 0 radical (unpaired) electrons. The number of carbonyl (C=O) groups excluding carboxylic acids is 2. The third-order valence-corrected chi connectivity index (χ3v) is 5.14. The molecular weight excluding hydrogens is 382 g/mol. The van der Waals surface area contributed by atoms with Gasteiger partial charge >= 0.3 is 0 Å². The molecular formula is C22H23N5O3. The molecule has 1 aliphatic heterocycles. The average molecular weight is 405 g/mol. The molecule has 1 N–H and O–H groups in total. The van der Waals surface area contributed by atoms with Crippen LogP contribution in [0.25, 0.3) is 11.3 Å². The smallest absolute Gasteiger partial charge is 0.227 e. The Bertz CT molecular complexity index is 1020. The van der Waals surface area contributed by atoms with E-state index in [1.807, 2.05) is 36.5 Å². The Balaban J connectivity index is 1.28. The highest BCUT2D eigenvalue weighted by molar-refractivity contribution is 6.00. The SMILES string of the molecule is COc1ccc(N2CC(C(=O)NCCn3ccc(-c4ccncc4)n3)CC2=O)cc1. The Labute approximate surface area is 174 Å². The van der Waals surface area contributed by atoms with Gasteiger partial charge in [0.25, 0.3) is 0 Å². The van der Waals surface area contributed by atoms with Gasteiger partial charge in [-0.05, 0) is 42.5 Å². The number of pyridine rings is 1. The van der Waals surface area contributed by atoms with Gasteiger partial charge in [0.2, 0.25) is 11.8 Å². The Morgan fingerprint density at radius 3 is 2.67 bits per heavy atom. The van der Waals surface area contributed by atoms with Gasteiger partial charge in [-0.2, -0.15) is 5.10 Å². The molecule has 1 fully saturated rings. The molecule has 3 heterocycles. The quantitative estimate of drug-likeness (QED) is 0.650. The van der Waals surface area contributed by atoms with Gasteiger partial charge in [-0.1, -0.05) is 0 Å². The molecule has 0 bridgehead atoms. The predicted octanol–water partition coefficient (Wildman–Crippen LogP) is 2.12. The number of rotatable bonds is 7. The first kappa shape index (κ1) is 19.6. The molecule has 30 heavy (non-hydrogen) atoms. The zero-order valence-electron chi connectivity index (χ0n) is 16.7. The van der Waals surface area contributed by atoms with Crippen molar-refractivity contribution in [3.05, 3.63) is 61.1 Å². The van der Waals surface area contributed by atoms with Crippen LogP contribution in [0.15, 0.2) is 61.1 Å². The fraction of sp³-hybridized carbons (Fsp3) is 0.273. The average Bonchev–Trinajstić information content (AvgIpc) is 3.41. The summed E-state index contributed by atoms with van der Waals surface area (Å²) in [5.74, 6) is 0.213. The minimum absolute atomic E-state index is 0.0469. The molecule has 154 valence electrons. The second kappa shape index (κ2) is 8.77. The number of aromatic nitrogens is 3. The standard InChI is InChI=1S/C22H23N5O3/c1-30-19-4-2-18(3-5-19)27-15-17(14-21(27)28)22(29)24-11-13-26-12-8-20(25-26)16-6-9-23-10-7-16/h2-10,12,17H,11,13-15H2,1H3,(H,24,29). The van der Waals surface area contributed by atoms with Crippen LogP contribution in [0.2, 0.25) is 0 Å². The van der Waals surface area contributed by atoms with E-state index in [1.54, 1.807) is 41.2 Å². The highest BCUT2D eigenvalue weighted by atomic mass is 16.5. The number of nitrogens with one attached hydrogen (secondary N) is 1. The first-order valence-electron chi connectivity index (χ1n) is 9.80. The second-order valence-electron chi connectivity index (χ2n) is 7.09. The van der Waals surface area contributed by atoms with E-state index in [9.17, 15) is 9.59 Å². The van der Waals surface area contributed by atoms with Crippen LogP contribution in [0.1, 0.15) is 6.42 Å². The molecule has 3 aromatic rings. The van der Waals surface area contributed by atoms with E-state index in [4.69, 9.17) is 4.74 Å². The molecule has 0 spiro atoms. The summed E-state index contributed by atoms with van der Waals surface area (Å²) in [4.78, 5) is 30.6. The molecule has 1 aliphatic rings. The second-order valence-corrected chi connectivity index (χ2v) is 7.09. The molecule has 0 saturated carbocycles. The number of carbonyl (C=O) groups is 2. The van der Waals surface area contributed by atoms with Crippen molar-refractivity contribution in [1.29, 1.82) is 0 Å². The van der Waals surface area contributed by atoms with Crippen LogP contribution in [-0.4, -0.2) is 46.8 Å². The Morgan fingerprint density at radius 2 is 1.93 bits per heavy atom. The maximum atomic E-state index is 12.5. The van der Waals surface area contributed by atoms with Gasteiger partial charge in [0, 0.05) is 49.4 Å². The van der Waals surface area contributed by atoms with Crippen LogP contribution in [0.4, 0.5) is 5.69 Å². The molecule has 0 aliphatic carbocycles. The molecule has 2 amide bonds. The lowest BCUT2D eigenvalue weighted by molar-refractivity contribution is -0.126. The summed E-state index contributed by atoms with van der Waals surface area (Å²) < 4.78 is 6.94. The van der Waals surface area contributed by atoms with E-state index in [1.165, 1.54) is 0 Å². The Hall–Kier alpha value is -3.68. The zero-order chi connectivity index (χ0) is 20.9. The number of hydrogen-bond acceptors (Lipinski definition) is 5. The fourth-order valence-electron chi connectivity index (χ4n) is 3.50. The number of hydrogen-bond donors (Lipinski definition) is 1. The van der Waals surface area contributed by atoms with Crippen molar-refractivity contribution in [3.8, 4) is 17.0 Å². The van der Waals surface area contributed by atoms with Crippen LogP contribution < -0.4 is 15.0 Å². The third kappa shape index (κ3) is 4.32. The number of nitrogens with zero attached hydrogens (tertiary/aromatic N) is 4. The van der Waals surface area contributed by atoms with Crippen molar-refractivity contribution in [1.82, 2.24) is 20.1 Å². The van der Waals surface area contributed by atoms with E-state index >= 15 is 0 Å².